The highest BCUT2D eigenvalue weighted by Crippen LogP contribution is 2.21. The van der Waals surface area contributed by atoms with Crippen LogP contribution in [-0.4, -0.2) is 10.1 Å². The van der Waals surface area contributed by atoms with Crippen LogP contribution in [0.3, 0.4) is 0 Å². The van der Waals surface area contributed by atoms with E-state index < -0.39 is 0 Å². The maximum absolute atomic E-state index is 5.39. The van der Waals surface area contributed by atoms with Crippen molar-refractivity contribution in [3.05, 3.63) is 29.0 Å². The van der Waals surface area contributed by atoms with Crippen LogP contribution in [0, 0.1) is 0 Å². The van der Waals surface area contributed by atoms with E-state index in [1.54, 1.807) is 18.5 Å². The fourth-order valence-electron chi connectivity index (χ4n) is 0.977. The van der Waals surface area contributed by atoms with Gasteiger partial charge in [0, 0.05) is 28.5 Å². The van der Waals surface area contributed by atoms with E-state index in [0.717, 1.165) is 10.0 Å². The number of rotatable bonds is 1. The summed E-state index contributed by atoms with van der Waals surface area (Å²) in [5.41, 5.74) is 6.95. The first kappa shape index (κ1) is 8.25. The molecule has 2 heterocycles. The third-order valence-electron chi connectivity index (χ3n) is 1.53. The van der Waals surface area contributed by atoms with Crippen molar-refractivity contribution < 1.29 is 4.52 Å². The Morgan fingerprint density at radius 2 is 2.15 bits per heavy atom. The quantitative estimate of drug-likeness (QED) is 0.828. The van der Waals surface area contributed by atoms with Crippen molar-refractivity contribution in [3.8, 4) is 11.3 Å². The fraction of sp³-hybridized carbons (Fsp3) is 0. The van der Waals surface area contributed by atoms with Crippen LogP contribution in [0.4, 0.5) is 5.88 Å². The Kier molecular flexibility index (Phi) is 2.02. The zero-order valence-electron chi connectivity index (χ0n) is 6.57. The van der Waals surface area contributed by atoms with E-state index in [9.17, 15) is 0 Å². The summed E-state index contributed by atoms with van der Waals surface area (Å²) in [5.74, 6) is 0.301. The third kappa shape index (κ3) is 1.70. The molecule has 0 radical (unpaired) electrons. The van der Waals surface area contributed by atoms with E-state index in [-0.39, 0.29) is 0 Å². The monoisotopic (exact) mass is 239 g/mol. The molecule has 2 rings (SSSR count). The average Bonchev–Trinajstić information content (AvgIpc) is 2.52. The smallest absolute Gasteiger partial charge is 0.222 e. The van der Waals surface area contributed by atoms with Crippen LogP contribution in [0.2, 0.25) is 0 Å². The van der Waals surface area contributed by atoms with Gasteiger partial charge in [-0.1, -0.05) is 5.16 Å². The molecular weight excluding hydrogens is 234 g/mol. The Balaban J connectivity index is 2.46. The number of hydrogen-bond donors (Lipinski definition) is 1. The lowest BCUT2D eigenvalue weighted by atomic mass is 10.2. The molecule has 2 aromatic heterocycles. The Morgan fingerprint density at radius 1 is 1.31 bits per heavy atom. The van der Waals surface area contributed by atoms with Gasteiger partial charge in [-0.2, -0.15) is 0 Å². The molecule has 0 aliphatic rings. The summed E-state index contributed by atoms with van der Waals surface area (Å²) in [6.07, 6.45) is 3.40. The van der Waals surface area contributed by atoms with Gasteiger partial charge in [-0.15, -0.1) is 0 Å². The highest BCUT2D eigenvalue weighted by atomic mass is 79.9. The van der Waals surface area contributed by atoms with Crippen LogP contribution in [0.1, 0.15) is 0 Å². The molecule has 0 amide bonds. The average molecular weight is 240 g/mol. The van der Waals surface area contributed by atoms with Gasteiger partial charge in [0.15, 0.2) is 0 Å². The standard InChI is InChI=1S/C8H6BrN3O/c9-6-1-5(3-11-4-6)7-2-8(10)13-12-7/h1-4H,10H2. The summed E-state index contributed by atoms with van der Waals surface area (Å²) in [6, 6.07) is 3.55. The zero-order valence-corrected chi connectivity index (χ0v) is 8.15. The second-order valence-electron chi connectivity index (χ2n) is 2.51. The Hall–Kier alpha value is -1.36. The highest BCUT2D eigenvalue weighted by Gasteiger charge is 2.04. The molecule has 0 saturated carbocycles. The number of halogens is 1. The van der Waals surface area contributed by atoms with Gasteiger partial charge >= 0.3 is 0 Å². The topological polar surface area (TPSA) is 64.9 Å². The summed E-state index contributed by atoms with van der Waals surface area (Å²) < 4.78 is 5.64. The Bertz CT molecular complexity index is 427. The SMILES string of the molecule is Nc1cc(-c2cncc(Br)c2)no1. The van der Waals surface area contributed by atoms with Crippen molar-refractivity contribution in [1.29, 1.82) is 0 Å². The van der Waals surface area contributed by atoms with E-state index in [0.29, 0.717) is 11.6 Å². The van der Waals surface area contributed by atoms with Crippen LogP contribution in [0.15, 0.2) is 33.5 Å². The first-order chi connectivity index (χ1) is 6.25. The molecule has 13 heavy (non-hydrogen) atoms. The third-order valence-corrected chi connectivity index (χ3v) is 1.96. The summed E-state index contributed by atoms with van der Waals surface area (Å²) in [4.78, 5) is 4.00. The van der Waals surface area contributed by atoms with E-state index >= 15 is 0 Å². The molecule has 0 bridgehead atoms. The predicted molar refractivity (Wildman–Crippen MR) is 51.8 cm³/mol. The maximum atomic E-state index is 5.39. The zero-order chi connectivity index (χ0) is 9.26. The molecule has 0 fully saturated rings. The number of nitrogens with two attached hydrogens (primary N) is 1. The number of hydrogen-bond acceptors (Lipinski definition) is 4. The van der Waals surface area contributed by atoms with E-state index in [1.807, 2.05) is 6.07 Å². The van der Waals surface area contributed by atoms with Crippen molar-refractivity contribution in [3.63, 3.8) is 0 Å². The van der Waals surface area contributed by atoms with Crippen LogP contribution in [0.25, 0.3) is 11.3 Å². The number of anilines is 1. The van der Waals surface area contributed by atoms with Gasteiger partial charge in [0.25, 0.3) is 0 Å². The lowest BCUT2D eigenvalue weighted by Gasteiger charge is -1.93. The van der Waals surface area contributed by atoms with Gasteiger partial charge in [0.2, 0.25) is 5.88 Å². The van der Waals surface area contributed by atoms with Gasteiger partial charge in [0.05, 0.1) is 0 Å². The minimum absolute atomic E-state index is 0.301. The molecule has 0 saturated heterocycles. The fourth-order valence-corrected chi connectivity index (χ4v) is 1.34. The molecule has 0 aliphatic carbocycles. The number of aromatic nitrogens is 2. The molecule has 2 N–H and O–H groups in total. The second kappa shape index (κ2) is 3.18. The van der Waals surface area contributed by atoms with Crippen LogP contribution in [-0.2, 0) is 0 Å². The van der Waals surface area contributed by atoms with Crippen molar-refractivity contribution in [2.24, 2.45) is 0 Å². The van der Waals surface area contributed by atoms with Gasteiger partial charge in [-0.05, 0) is 22.0 Å². The molecule has 0 aliphatic heterocycles. The highest BCUT2D eigenvalue weighted by molar-refractivity contribution is 9.10. The lowest BCUT2D eigenvalue weighted by molar-refractivity contribution is 0.439. The van der Waals surface area contributed by atoms with Crippen molar-refractivity contribution in [2.45, 2.75) is 0 Å². The first-order valence-corrected chi connectivity index (χ1v) is 4.38. The number of nitrogen functional groups attached to an aromatic ring is 1. The molecule has 0 atom stereocenters. The normalized spacial score (nSPS) is 10.2. The minimum atomic E-state index is 0.301. The molecule has 0 aromatic carbocycles. The van der Waals surface area contributed by atoms with Gasteiger partial charge in [-0.3, -0.25) is 4.98 Å². The maximum Gasteiger partial charge on any atom is 0.222 e. The summed E-state index contributed by atoms with van der Waals surface area (Å²) in [6.45, 7) is 0. The van der Waals surface area contributed by atoms with Crippen molar-refractivity contribution >= 4 is 21.8 Å². The van der Waals surface area contributed by atoms with Gasteiger partial charge in [-0.25, -0.2) is 0 Å². The summed E-state index contributed by atoms with van der Waals surface area (Å²) in [5, 5.41) is 3.77. The molecule has 0 unspecified atom stereocenters. The largest absolute Gasteiger partial charge is 0.368 e. The predicted octanol–water partition coefficient (Wildman–Crippen LogP) is 2.08. The summed E-state index contributed by atoms with van der Waals surface area (Å²) >= 11 is 3.31. The van der Waals surface area contributed by atoms with Crippen LogP contribution >= 0.6 is 15.9 Å². The summed E-state index contributed by atoms with van der Waals surface area (Å²) in [7, 11) is 0. The Morgan fingerprint density at radius 3 is 2.77 bits per heavy atom. The van der Waals surface area contributed by atoms with E-state index in [2.05, 4.69) is 26.1 Å². The number of pyridine rings is 1. The van der Waals surface area contributed by atoms with Gasteiger partial charge in [0.1, 0.15) is 5.69 Å². The Labute approximate surface area is 82.9 Å². The lowest BCUT2D eigenvalue weighted by Crippen LogP contribution is -1.79. The molecule has 2 aromatic rings. The van der Waals surface area contributed by atoms with Crippen molar-refractivity contribution in [1.82, 2.24) is 10.1 Å². The second-order valence-corrected chi connectivity index (χ2v) is 3.42. The van der Waals surface area contributed by atoms with Crippen molar-refractivity contribution in [2.75, 3.05) is 5.73 Å². The molecular formula is C8H6BrN3O. The van der Waals surface area contributed by atoms with Crippen LogP contribution in [0.5, 0.6) is 0 Å². The van der Waals surface area contributed by atoms with E-state index in [1.165, 1.54) is 0 Å². The molecule has 4 nitrogen and oxygen atoms in total. The van der Waals surface area contributed by atoms with Gasteiger partial charge < -0.3 is 10.3 Å². The number of nitrogens with zero attached hydrogens (tertiary/aromatic N) is 2. The van der Waals surface area contributed by atoms with E-state index in [4.69, 9.17) is 10.3 Å². The molecule has 66 valence electrons. The molecule has 0 spiro atoms. The minimum Gasteiger partial charge on any atom is -0.368 e. The first-order valence-electron chi connectivity index (χ1n) is 3.59. The molecule has 5 heteroatoms. The van der Waals surface area contributed by atoms with Crippen LogP contribution < -0.4 is 5.73 Å².